The van der Waals surface area contributed by atoms with E-state index in [1.165, 1.54) is 6.33 Å². The van der Waals surface area contributed by atoms with Crippen LogP contribution in [0.15, 0.2) is 48.8 Å². The van der Waals surface area contributed by atoms with E-state index in [1.54, 1.807) is 4.52 Å². The van der Waals surface area contributed by atoms with Crippen LogP contribution in [0, 0.1) is 5.92 Å². The van der Waals surface area contributed by atoms with Crippen molar-refractivity contribution in [2.24, 2.45) is 5.92 Å². The zero-order valence-electron chi connectivity index (χ0n) is 20.7. The highest BCUT2D eigenvalue weighted by Gasteiger charge is 2.30. The summed E-state index contributed by atoms with van der Waals surface area (Å²) in [5.74, 6) is 1.14. The van der Waals surface area contributed by atoms with Gasteiger partial charge in [-0.15, -0.1) is 0 Å². The third-order valence-corrected chi connectivity index (χ3v) is 7.42. The Morgan fingerprint density at radius 1 is 1.22 bits per heavy atom. The minimum absolute atomic E-state index is 0.00407. The number of fused-ring (bicyclic) bond motifs is 1. The molecule has 3 aromatic rings. The van der Waals surface area contributed by atoms with E-state index in [4.69, 9.17) is 24.3 Å². The number of anilines is 1. The van der Waals surface area contributed by atoms with Gasteiger partial charge in [0.2, 0.25) is 0 Å². The molecule has 4 rings (SSSR count). The van der Waals surface area contributed by atoms with Gasteiger partial charge in [-0.2, -0.15) is 5.10 Å². The van der Waals surface area contributed by atoms with Crippen LogP contribution in [0.5, 0.6) is 5.75 Å². The zero-order valence-corrected chi connectivity index (χ0v) is 21.6. The number of nitrogens with zero attached hydrogens (tertiary/aromatic N) is 3. The third-order valence-electron chi connectivity index (χ3n) is 6.24. The quantitative estimate of drug-likeness (QED) is 0.251. The number of nitrogens with two attached hydrogens (primary N) is 1. The average Bonchev–Trinajstić information content (AvgIpc) is 3.54. The molecular weight excluding hydrogens is 481 g/mol. The predicted molar refractivity (Wildman–Crippen MR) is 137 cm³/mol. The van der Waals surface area contributed by atoms with Crippen molar-refractivity contribution in [3.63, 3.8) is 0 Å². The van der Waals surface area contributed by atoms with Crippen LogP contribution in [-0.4, -0.2) is 46.4 Å². The summed E-state index contributed by atoms with van der Waals surface area (Å²) in [4.78, 5) is 16.3. The van der Waals surface area contributed by atoms with Crippen LogP contribution in [0.1, 0.15) is 51.3 Å². The van der Waals surface area contributed by atoms with Crippen molar-refractivity contribution in [1.82, 2.24) is 19.7 Å². The lowest BCUT2D eigenvalue weighted by Gasteiger charge is -2.21. The Kier molecular flexibility index (Phi) is 9.47. The van der Waals surface area contributed by atoms with Gasteiger partial charge in [-0.1, -0.05) is 44.9 Å². The Bertz CT molecular complexity index is 1110. The fraction of sp³-hybridized carbons (Fsp3) is 0.480. The summed E-state index contributed by atoms with van der Waals surface area (Å²) in [5, 5.41) is 7.39. The first-order valence-electron chi connectivity index (χ1n) is 12.4. The van der Waals surface area contributed by atoms with Crippen LogP contribution in [0.2, 0.25) is 0 Å². The van der Waals surface area contributed by atoms with Crippen molar-refractivity contribution in [1.29, 1.82) is 0 Å². The molecule has 1 saturated heterocycles. The largest absolute Gasteiger partial charge is 0.464 e. The van der Waals surface area contributed by atoms with Crippen LogP contribution >= 0.6 is 8.53 Å². The molecule has 11 heteroatoms. The molecule has 0 saturated carbocycles. The number of nitrogens with one attached hydrogen (secondary N) is 1. The van der Waals surface area contributed by atoms with E-state index in [0.717, 1.165) is 36.9 Å². The highest BCUT2D eigenvalue weighted by Crippen LogP contribution is 2.39. The first kappa shape index (κ1) is 26.3. The summed E-state index contributed by atoms with van der Waals surface area (Å²) >= 11 is 0. The average molecular weight is 516 g/mol. The van der Waals surface area contributed by atoms with Crippen LogP contribution < -0.4 is 15.3 Å². The van der Waals surface area contributed by atoms with Gasteiger partial charge in [0.25, 0.3) is 0 Å². The minimum atomic E-state index is -1.58. The lowest BCUT2D eigenvalue weighted by molar-refractivity contribution is -0.143. The Hall–Kier alpha value is -2.78. The molecule has 194 valence electrons. The third kappa shape index (κ3) is 6.91. The molecule has 3 atom stereocenters. The normalized spacial score (nSPS) is 18.5. The molecule has 2 unspecified atom stereocenters. The Labute approximate surface area is 212 Å². The molecule has 36 heavy (non-hydrogen) atoms. The van der Waals surface area contributed by atoms with Crippen molar-refractivity contribution >= 4 is 25.8 Å². The number of benzene rings is 1. The number of esters is 1. The van der Waals surface area contributed by atoms with E-state index in [9.17, 15) is 4.79 Å². The second kappa shape index (κ2) is 13.0. The number of para-hydroxylation sites is 1. The number of carbonyl (C=O) groups excluding carboxylic acids is 1. The summed E-state index contributed by atoms with van der Waals surface area (Å²) in [6.45, 7) is 4.95. The van der Waals surface area contributed by atoms with Gasteiger partial charge in [0.1, 0.15) is 30.2 Å². The molecule has 1 aliphatic rings. The van der Waals surface area contributed by atoms with Gasteiger partial charge in [0.15, 0.2) is 5.82 Å². The number of hydrogen-bond donors (Lipinski definition) is 2. The molecule has 2 aromatic heterocycles. The van der Waals surface area contributed by atoms with E-state index in [2.05, 4.69) is 29.0 Å². The number of rotatable bonds is 13. The first-order chi connectivity index (χ1) is 17.6. The van der Waals surface area contributed by atoms with Gasteiger partial charge in [-0.25, -0.2) is 14.6 Å². The van der Waals surface area contributed by atoms with E-state index in [-0.39, 0.29) is 24.7 Å². The maximum atomic E-state index is 12.3. The maximum absolute atomic E-state index is 12.3. The second-order valence-electron chi connectivity index (χ2n) is 8.68. The highest BCUT2D eigenvalue weighted by atomic mass is 31.2. The van der Waals surface area contributed by atoms with E-state index in [0.29, 0.717) is 30.7 Å². The summed E-state index contributed by atoms with van der Waals surface area (Å²) in [5.41, 5.74) is 7.65. The van der Waals surface area contributed by atoms with Crippen LogP contribution in [-0.2, 0) is 18.8 Å². The molecule has 0 spiro atoms. The number of nitrogen functional groups attached to an aromatic ring is 1. The number of aromatic nitrogens is 3. The molecular formula is C25H34N5O5P. The molecule has 3 N–H and O–H groups in total. The molecule has 0 amide bonds. The molecule has 0 bridgehead atoms. The van der Waals surface area contributed by atoms with Crippen molar-refractivity contribution in [2.75, 3.05) is 25.5 Å². The number of carbonyl (C=O) groups is 1. The Balaban J connectivity index is 1.31. The van der Waals surface area contributed by atoms with Crippen LogP contribution in [0.25, 0.3) is 5.52 Å². The topological polar surface area (TPSA) is 122 Å². The summed E-state index contributed by atoms with van der Waals surface area (Å²) in [6, 6.07) is 13.2. The monoisotopic (exact) mass is 515 g/mol. The van der Waals surface area contributed by atoms with Gasteiger partial charge < -0.3 is 24.3 Å². The second-order valence-corrected chi connectivity index (χ2v) is 9.95. The van der Waals surface area contributed by atoms with E-state index < -0.39 is 8.53 Å². The molecule has 1 aliphatic heterocycles. The van der Waals surface area contributed by atoms with E-state index >= 15 is 0 Å². The minimum Gasteiger partial charge on any atom is -0.464 e. The van der Waals surface area contributed by atoms with Gasteiger partial charge >= 0.3 is 14.5 Å². The summed E-state index contributed by atoms with van der Waals surface area (Å²) in [7, 11) is -1.58. The Morgan fingerprint density at radius 3 is 2.81 bits per heavy atom. The molecule has 3 heterocycles. The van der Waals surface area contributed by atoms with Gasteiger partial charge in [0, 0.05) is 0 Å². The summed E-state index contributed by atoms with van der Waals surface area (Å²) < 4.78 is 25.5. The lowest BCUT2D eigenvalue weighted by Crippen LogP contribution is -2.26. The highest BCUT2D eigenvalue weighted by molar-refractivity contribution is 7.45. The van der Waals surface area contributed by atoms with Crippen molar-refractivity contribution < 1.29 is 23.3 Å². The Morgan fingerprint density at radius 2 is 2.03 bits per heavy atom. The fourth-order valence-electron chi connectivity index (χ4n) is 4.01. The molecule has 1 fully saturated rings. The molecule has 0 aliphatic carbocycles. The van der Waals surface area contributed by atoms with Crippen molar-refractivity contribution in [3.8, 4) is 5.75 Å². The van der Waals surface area contributed by atoms with E-state index in [1.807, 2.05) is 42.5 Å². The molecule has 1 aromatic carbocycles. The number of hydrogen-bond acceptors (Lipinski definition) is 9. The maximum Gasteiger partial charge on any atom is 0.320 e. The predicted octanol–water partition coefficient (Wildman–Crippen LogP) is 4.42. The molecule has 10 nitrogen and oxygen atoms in total. The van der Waals surface area contributed by atoms with Gasteiger partial charge in [0.05, 0.1) is 25.0 Å². The van der Waals surface area contributed by atoms with Gasteiger partial charge in [-0.05, 0) is 43.0 Å². The number of ether oxygens (including phenoxy) is 2. The SMILES string of the molecule is CCC(CC)COC(=O)CN[P@](OCC1CCC(c2ccc3c(N)ncnn23)O1)Oc1ccccc1. The fourth-order valence-corrected chi connectivity index (χ4v) is 5.09. The van der Waals surface area contributed by atoms with Crippen molar-refractivity contribution in [3.05, 3.63) is 54.5 Å². The van der Waals surface area contributed by atoms with Crippen molar-refractivity contribution in [2.45, 2.75) is 51.7 Å². The molecule has 0 radical (unpaired) electrons. The standard InChI is InChI=1S/C25H34N5O5P/c1-3-18(4-2)15-32-24(31)14-29-36(35-19-8-6-5-7-9-19)33-16-20-10-13-23(34-20)21-11-12-22-25(26)27-17-28-30(21)22/h5-9,11-12,17-18,20,23,29H,3-4,10,13-16H2,1-2H3,(H2,26,27,28)/t20?,23?,36-/m1/s1. The van der Waals surface area contributed by atoms with Crippen LogP contribution in [0.4, 0.5) is 5.82 Å². The van der Waals surface area contributed by atoms with Gasteiger partial charge in [-0.3, -0.25) is 4.79 Å². The first-order valence-corrected chi connectivity index (χ1v) is 13.5. The smallest absolute Gasteiger partial charge is 0.320 e. The summed E-state index contributed by atoms with van der Waals surface area (Å²) in [6.07, 6.45) is 4.81. The zero-order chi connectivity index (χ0) is 25.3. The van der Waals surface area contributed by atoms with Crippen LogP contribution in [0.3, 0.4) is 0 Å². The lowest BCUT2D eigenvalue weighted by atomic mass is 10.1.